The number of para-hydroxylation sites is 1. The lowest BCUT2D eigenvalue weighted by atomic mass is 10.1. The first-order valence-corrected chi connectivity index (χ1v) is 14.2. The van der Waals surface area contributed by atoms with Crippen LogP contribution in [0.1, 0.15) is 6.92 Å². The Balaban J connectivity index is 1.24. The molecule has 0 spiro atoms. The number of imidazole rings is 1. The number of anilines is 1. The average molecular weight is 582 g/mol. The van der Waals surface area contributed by atoms with Crippen LogP contribution in [0.25, 0.3) is 39.5 Å². The Morgan fingerprint density at radius 3 is 2.71 bits per heavy atom. The smallest absolute Gasteiger partial charge is 0.234 e. The maximum Gasteiger partial charge on any atom is 0.234 e. The number of rotatable bonds is 9. The van der Waals surface area contributed by atoms with E-state index in [2.05, 4.69) is 30.5 Å². The lowest BCUT2D eigenvalue weighted by molar-refractivity contribution is -0.113. The highest BCUT2D eigenvalue weighted by Crippen LogP contribution is 2.31. The average Bonchev–Trinajstić information content (AvgIpc) is 3.61. The van der Waals surface area contributed by atoms with Gasteiger partial charge in [-0.15, -0.1) is 10.2 Å². The number of benzene rings is 3. The zero-order chi connectivity index (χ0) is 28.2. The van der Waals surface area contributed by atoms with E-state index < -0.39 is 0 Å². The van der Waals surface area contributed by atoms with Gasteiger partial charge in [0.1, 0.15) is 11.6 Å². The van der Waals surface area contributed by atoms with Crippen molar-refractivity contribution in [1.29, 1.82) is 0 Å². The summed E-state index contributed by atoms with van der Waals surface area (Å²) in [7, 11) is 0. The fourth-order valence-electron chi connectivity index (χ4n) is 4.36. The molecule has 0 fully saturated rings. The molecular weight excluding hydrogens is 558 g/mol. The van der Waals surface area contributed by atoms with Gasteiger partial charge in [0.2, 0.25) is 5.91 Å². The number of carbonyl (C=O) groups excluding carboxylic acids is 1. The molecule has 0 unspecified atom stereocenters. The maximum absolute atomic E-state index is 13.2. The maximum atomic E-state index is 13.2. The third kappa shape index (κ3) is 5.79. The van der Waals surface area contributed by atoms with E-state index in [-0.39, 0.29) is 11.7 Å². The van der Waals surface area contributed by atoms with Gasteiger partial charge in [-0.1, -0.05) is 35.5 Å². The summed E-state index contributed by atoms with van der Waals surface area (Å²) >= 11 is 7.43. The van der Waals surface area contributed by atoms with Crippen molar-refractivity contribution in [1.82, 2.24) is 29.7 Å². The summed E-state index contributed by atoms with van der Waals surface area (Å²) in [6, 6.07) is 24.5. The molecule has 0 atom stereocenters. The number of ether oxygens (including phenoxy) is 1. The fraction of sp³-hybridized carbons (Fsp3) is 0.100. The second kappa shape index (κ2) is 11.8. The largest absolute Gasteiger partial charge is 0.494 e. The molecule has 0 aliphatic rings. The number of fused-ring (bicyclic) bond motifs is 1. The number of amides is 1. The topological polar surface area (TPSA) is 111 Å². The van der Waals surface area contributed by atoms with Crippen molar-refractivity contribution < 1.29 is 9.53 Å². The molecule has 0 bridgehead atoms. The predicted octanol–water partition coefficient (Wildman–Crippen LogP) is 6.66. The summed E-state index contributed by atoms with van der Waals surface area (Å²) < 4.78 is 7.52. The zero-order valence-corrected chi connectivity index (χ0v) is 23.5. The summed E-state index contributed by atoms with van der Waals surface area (Å²) in [5.41, 5.74) is 4.69. The molecule has 0 aliphatic carbocycles. The SMILES string of the molecule is CCOc1ccc(-n2c(SCC(=O)Nc3ccccc3-c3nc4ccc(Cl)cc4[nH]3)nnc2-c2cccnc2)cc1. The Labute approximate surface area is 245 Å². The number of hydrogen-bond donors (Lipinski definition) is 2. The van der Waals surface area contributed by atoms with Crippen LogP contribution in [0.15, 0.2) is 96.4 Å². The highest BCUT2D eigenvalue weighted by Gasteiger charge is 2.19. The van der Waals surface area contributed by atoms with E-state index >= 15 is 0 Å². The van der Waals surface area contributed by atoms with Crippen molar-refractivity contribution in [2.24, 2.45) is 0 Å². The third-order valence-electron chi connectivity index (χ3n) is 6.19. The van der Waals surface area contributed by atoms with E-state index in [4.69, 9.17) is 16.3 Å². The number of hydrogen-bond acceptors (Lipinski definition) is 7. The number of halogens is 1. The van der Waals surface area contributed by atoms with Gasteiger partial charge < -0.3 is 15.0 Å². The number of nitrogens with zero attached hydrogens (tertiary/aromatic N) is 5. The molecule has 11 heteroatoms. The fourth-order valence-corrected chi connectivity index (χ4v) is 5.28. The van der Waals surface area contributed by atoms with Crippen LogP contribution in [-0.2, 0) is 4.79 Å². The first kappa shape index (κ1) is 26.5. The number of aromatic amines is 1. The molecule has 2 N–H and O–H groups in total. The molecule has 1 amide bonds. The normalized spacial score (nSPS) is 11.1. The van der Waals surface area contributed by atoms with Crippen molar-refractivity contribution >= 4 is 46.0 Å². The van der Waals surface area contributed by atoms with Crippen molar-refractivity contribution in [2.75, 3.05) is 17.7 Å². The van der Waals surface area contributed by atoms with E-state index in [0.717, 1.165) is 33.6 Å². The first-order chi connectivity index (χ1) is 20.1. The Bertz CT molecular complexity index is 1820. The van der Waals surface area contributed by atoms with Crippen LogP contribution in [0.5, 0.6) is 5.75 Å². The van der Waals surface area contributed by atoms with Gasteiger partial charge in [-0.05, 0) is 73.7 Å². The van der Waals surface area contributed by atoms with Crippen molar-refractivity contribution in [3.05, 3.63) is 96.3 Å². The lowest BCUT2D eigenvalue weighted by Crippen LogP contribution is -2.15. The van der Waals surface area contributed by atoms with Crippen molar-refractivity contribution in [3.63, 3.8) is 0 Å². The monoisotopic (exact) mass is 581 g/mol. The van der Waals surface area contributed by atoms with E-state index in [1.165, 1.54) is 11.8 Å². The van der Waals surface area contributed by atoms with Crippen LogP contribution in [-0.4, -0.2) is 48.0 Å². The molecule has 0 saturated carbocycles. The Hall–Kier alpha value is -4.67. The molecule has 6 rings (SSSR count). The number of pyridine rings is 1. The minimum atomic E-state index is -0.189. The van der Waals surface area contributed by atoms with Crippen LogP contribution < -0.4 is 10.1 Å². The van der Waals surface area contributed by atoms with Crippen LogP contribution in [0, 0.1) is 0 Å². The van der Waals surface area contributed by atoms with Crippen LogP contribution in [0.2, 0.25) is 5.02 Å². The minimum absolute atomic E-state index is 0.117. The molecule has 204 valence electrons. The lowest BCUT2D eigenvalue weighted by Gasteiger charge is -2.12. The van der Waals surface area contributed by atoms with Gasteiger partial charge in [0.25, 0.3) is 0 Å². The highest BCUT2D eigenvalue weighted by molar-refractivity contribution is 7.99. The number of aromatic nitrogens is 6. The van der Waals surface area contributed by atoms with E-state index in [1.54, 1.807) is 18.5 Å². The van der Waals surface area contributed by atoms with Crippen LogP contribution in [0.4, 0.5) is 5.69 Å². The van der Waals surface area contributed by atoms with Gasteiger partial charge in [-0.2, -0.15) is 0 Å². The third-order valence-corrected chi connectivity index (χ3v) is 7.36. The number of H-pyrrole nitrogens is 1. The molecule has 6 aromatic rings. The summed E-state index contributed by atoms with van der Waals surface area (Å²) in [5, 5.41) is 13.1. The summed E-state index contributed by atoms with van der Waals surface area (Å²) in [5.74, 6) is 1.97. The predicted molar refractivity (Wildman–Crippen MR) is 162 cm³/mol. The summed E-state index contributed by atoms with van der Waals surface area (Å²) in [6.07, 6.45) is 3.44. The Morgan fingerprint density at radius 2 is 1.90 bits per heavy atom. The summed E-state index contributed by atoms with van der Waals surface area (Å²) in [4.78, 5) is 25.4. The van der Waals surface area contributed by atoms with E-state index in [0.29, 0.717) is 34.1 Å². The summed E-state index contributed by atoms with van der Waals surface area (Å²) in [6.45, 7) is 2.52. The van der Waals surface area contributed by atoms with Gasteiger partial charge >= 0.3 is 0 Å². The van der Waals surface area contributed by atoms with Gasteiger partial charge in [0, 0.05) is 34.2 Å². The van der Waals surface area contributed by atoms with E-state index in [9.17, 15) is 4.79 Å². The molecule has 3 heterocycles. The molecule has 0 saturated heterocycles. The molecular formula is C30H24ClN7O2S. The minimum Gasteiger partial charge on any atom is -0.494 e. The second-order valence-corrected chi connectivity index (χ2v) is 10.3. The molecule has 41 heavy (non-hydrogen) atoms. The van der Waals surface area contributed by atoms with Gasteiger partial charge in [0.15, 0.2) is 11.0 Å². The highest BCUT2D eigenvalue weighted by atomic mass is 35.5. The van der Waals surface area contributed by atoms with E-state index in [1.807, 2.05) is 84.3 Å². The van der Waals surface area contributed by atoms with Gasteiger partial charge in [-0.25, -0.2) is 4.98 Å². The molecule has 0 radical (unpaired) electrons. The number of carbonyl (C=O) groups is 1. The molecule has 3 aromatic heterocycles. The Morgan fingerprint density at radius 1 is 1.05 bits per heavy atom. The van der Waals surface area contributed by atoms with Gasteiger partial charge in [0.05, 0.1) is 29.1 Å². The quantitative estimate of drug-likeness (QED) is 0.184. The number of nitrogens with one attached hydrogen (secondary N) is 2. The second-order valence-electron chi connectivity index (χ2n) is 8.94. The molecule has 9 nitrogen and oxygen atoms in total. The molecule has 3 aromatic carbocycles. The van der Waals surface area contributed by atoms with Crippen LogP contribution >= 0.6 is 23.4 Å². The van der Waals surface area contributed by atoms with Gasteiger partial charge in [-0.3, -0.25) is 14.3 Å². The van der Waals surface area contributed by atoms with Crippen molar-refractivity contribution in [3.8, 4) is 34.2 Å². The first-order valence-electron chi connectivity index (χ1n) is 12.9. The van der Waals surface area contributed by atoms with Crippen molar-refractivity contribution in [2.45, 2.75) is 12.1 Å². The zero-order valence-electron chi connectivity index (χ0n) is 21.9. The van der Waals surface area contributed by atoms with Crippen LogP contribution in [0.3, 0.4) is 0 Å². The number of thioether (sulfide) groups is 1. The standard InChI is InChI=1S/C30H24ClN7O2S/c1-2-40-22-12-10-21(11-13-22)38-29(19-6-5-15-32-17-19)36-37-30(38)41-18-27(39)33-24-8-4-3-7-23(24)28-34-25-14-9-20(31)16-26(25)35-28/h3-17H,2,18H2,1H3,(H,33,39)(H,34,35). The Kier molecular flexibility index (Phi) is 7.66. The molecule has 0 aliphatic heterocycles.